The van der Waals surface area contributed by atoms with Crippen molar-refractivity contribution in [2.24, 2.45) is 0 Å². The highest BCUT2D eigenvalue weighted by atomic mass is 32.2. The van der Waals surface area contributed by atoms with Crippen molar-refractivity contribution in [3.8, 4) is 0 Å². The lowest BCUT2D eigenvalue weighted by Crippen LogP contribution is -2.28. The van der Waals surface area contributed by atoms with Gasteiger partial charge in [0, 0.05) is 6.04 Å². The minimum atomic E-state index is -0.0410. The third-order valence-corrected chi connectivity index (χ3v) is 5.04. The lowest BCUT2D eigenvalue weighted by molar-refractivity contribution is -0.119. The number of benzene rings is 2. The van der Waals surface area contributed by atoms with Gasteiger partial charge in [-0.1, -0.05) is 48.2 Å². The van der Waals surface area contributed by atoms with Crippen LogP contribution in [0, 0.1) is 0 Å². The average Bonchev–Trinajstić information content (AvgIpc) is 3.08. The average molecular weight is 354 g/mol. The number of nitrogens with zero attached hydrogens (tertiary/aromatic N) is 3. The van der Waals surface area contributed by atoms with Crippen LogP contribution < -0.4 is 5.32 Å². The first-order chi connectivity index (χ1) is 12.0. The topological polar surface area (TPSA) is 59.8 Å². The molecule has 2 aromatic carbocycles. The summed E-state index contributed by atoms with van der Waals surface area (Å²) in [6.45, 7) is 6.13. The van der Waals surface area contributed by atoms with Crippen molar-refractivity contribution in [3.63, 3.8) is 0 Å². The highest BCUT2D eigenvalue weighted by molar-refractivity contribution is 7.99. The summed E-state index contributed by atoms with van der Waals surface area (Å²) in [7, 11) is 0. The maximum absolute atomic E-state index is 12.3. The first-order valence-electron chi connectivity index (χ1n) is 8.35. The summed E-state index contributed by atoms with van der Waals surface area (Å²) in [5.74, 6) is 0.313. The molecule has 0 saturated heterocycles. The van der Waals surface area contributed by atoms with E-state index in [1.54, 1.807) is 6.33 Å². The van der Waals surface area contributed by atoms with E-state index in [4.69, 9.17) is 0 Å². The van der Waals surface area contributed by atoms with Crippen LogP contribution in [0.25, 0.3) is 10.8 Å². The second kappa shape index (κ2) is 7.70. The predicted molar refractivity (Wildman–Crippen MR) is 102 cm³/mol. The lowest BCUT2D eigenvalue weighted by atomic mass is 10.0. The Kier molecular flexibility index (Phi) is 5.38. The number of carbonyl (C=O) groups is 1. The van der Waals surface area contributed by atoms with Crippen molar-refractivity contribution in [2.45, 2.75) is 38.0 Å². The number of carbonyl (C=O) groups excluding carboxylic acids is 1. The molecular weight excluding hydrogens is 332 g/mol. The summed E-state index contributed by atoms with van der Waals surface area (Å²) in [5, 5.41) is 14.2. The number of fused-ring (bicyclic) bond motifs is 1. The molecule has 0 spiro atoms. The van der Waals surface area contributed by atoms with Crippen LogP contribution in [0.4, 0.5) is 0 Å². The highest BCUT2D eigenvalue weighted by Crippen LogP contribution is 2.21. The van der Waals surface area contributed by atoms with Crippen LogP contribution in [0.5, 0.6) is 0 Å². The number of nitrogens with one attached hydrogen (secondary N) is 1. The molecule has 130 valence electrons. The zero-order valence-corrected chi connectivity index (χ0v) is 15.5. The number of amides is 1. The molecule has 0 bridgehead atoms. The zero-order chi connectivity index (χ0) is 17.8. The van der Waals surface area contributed by atoms with E-state index >= 15 is 0 Å². The molecule has 5 nitrogen and oxygen atoms in total. The van der Waals surface area contributed by atoms with Gasteiger partial charge in [0.25, 0.3) is 0 Å². The van der Waals surface area contributed by atoms with E-state index in [0.717, 1.165) is 10.7 Å². The Balaban J connectivity index is 1.60. The van der Waals surface area contributed by atoms with E-state index in [1.165, 1.54) is 22.5 Å². The number of thioether (sulfide) groups is 1. The Morgan fingerprint density at radius 1 is 1.16 bits per heavy atom. The Hall–Kier alpha value is -2.34. The Bertz CT molecular complexity index is 874. The van der Waals surface area contributed by atoms with Crippen LogP contribution in [-0.4, -0.2) is 26.4 Å². The maximum Gasteiger partial charge on any atom is 0.230 e. The third kappa shape index (κ3) is 4.20. The fourth-order valence-corrected chi connectivity index (χ4v) is 3.52. The van der Waals surface area contributed by atoms with Gasteiger partial charge in [0.15, 0.2) is 5.16 Å². The van der Waals surface area contributed by atoms with Gasteiger partial charge in [0.2, 0.25) is 5.91 Å². The number of hydrogen-bond donors (Lipinski definition) is 1. The number of rotatable bonds is 6. The van der Waals surface area contributed by atoms with Gasteiger partial charge in [-0.05, 0) is 43.2 Å². The van der Waals surface area contributed by atoms with Crippen molar-refractivity contribution in [1.82, 2.24) is 20.1 Å². The van der Waals surface area contributed by atoms with Crippen molar-refractivity contribution >= 4 is 28.4 Å². The molecular formula is C19H22N4OS. The van der Waals surface area contributed by atoms with Crippen molar-refractivity contribution in [2.75, 3.05) is 5.75 Å². The van der Waals surface area contributed by atoms with Crippen LogP contribution in [0.3, 0.4) is 0 Å². The normalized spacial score (nSPS) is 12.5. The summed E-state index contributed by atoms with van der Waals surface area (Å²) in [5.41, 5.74) is 1.10. The summed E-state index contributed by atoms with van der Waals surface area (Å²) in [6.07, 6.45) is 1.70. The monoisotopic (exact) mass is 354 g/mol. The molecule has 1 heterocycles. The summed E-state index contributed by atoms with van der Waals surface area (Å²) >= 11 is 1.41. The zero-order valence-electron chi connectivity index (χ0n) is 14.6. The SMILES string of the molecule is CC(NC(=O)CSc1nncn1C(C)C)c1ccc2ccccc2c1. The van der Waals surface area contributed by atoms with Crippen molar-refractivity contribution in [1.29, 1.82) is 0 Å². The van der Waals surface area contributed by atoms with Crippen LogP contribution in [-0.2, 0) is 4.79 Å². The van der Waals surface area contributed by atoms with E-state index in [0.29, 0.717) is 5.75 Å². The molecule has 1 N–H and O–H groups in total. The summed E-state index contributed by atoms with van der Waals surface area (Å²) in [4.78, 5) is 12.3. The summed E-state index contributed by atoms with van der Waals surface area (Å²) in [6, 6.07) is 14.7. The van der Waals surface area contributed by atoms with E-state index in [9.17, 15) is 4.79 Å². The fraction of sp³-hybridized carbons (Fsp3) is 0.316. The molecule has 0 fully saturated rings. The molecule has 6 heteroatoms. The molecule has 1 aromatic heterocycles. The maximum atomic E-state index is 12.3. The molecule has 1 amide bonds. The number of aromatic nitrogens is 3. The van der Waals surface area contributed by atoms with Crippen LogP contribution in [0.2, 0.25) is 0 Å². The second-order valence-corrected chi connectivity index (χ2v) is 7.24. The predicted octanol–water partition coefficient (Wildman–Crippen LogP) is 3.98. The minimum Gasteiger partial charge on any atom is -0.349 e. The first kappa shape index (κ1) is 17.5. The third-order valence-electron chi connectivity index (χ3n) is 4.08. The molecule has 0 aliphatic rings. The van der Waals surface area contributed by atoms with Gasteiger partial charge in [0.1, 0.15) is 6.33 Å². The van der Waals surface area contributed by atoms with E-state index in [2.05, 4.69) is 59.7 Å². The van der Waals surface area contributed by atoms with E-state index < -0.39 is 0 Å². The van der Waals surface area contributed by atoms with E-state index in [1.807, 2.05) is 23.6 Å². The molecule has 3 aromatic rings. The van der Waals surface area contributed by atoms with Gasteiger partial charge in [-0.2, -0.15) is 0 Å². The van der Waals surface area contributed by atoms with Gasteiger partial charge in [-0.3, -0.25) is 4.79 Å². The molecule has 1 unspecified atom stereocenters. The molecule has 0 aliphatic heterocycles. The van der Waals surface area contributed by atoms with Gasteiger partial charge in [-0.25, -0.2) is 0 Å². The Labute approximate surface area is 151 Å². The molecule has 25 heavy (non-hydrogen) atoms. The Morgan fingerprint density at radius 3 is 2.68 bits per heavy atom. The molecule has 3 rings (SSSR count). The Morgan fingerprint density at radius 2 is 1.92 bits per heavy atom. The molecule has 0 aliphatic carbocycles. The van der Waals surface area contributed by atoms with Gasteiger partial charge in [-0.15, -0.1) is 10.2 Å². The number of hydrogen-bond acceptors (Lipinski definition) is 4. The largest absolute Gasteiger partial charge is 0.349 e. The van der Waals surface area contributed by atoms with Gasteiger partial charge >= 0.3 is 0 Å². The molecule has 0 saturated carbocycles. The smallest absolute Gasteiger partial charge is 0.230 e. The second-order valence-electron chi connectivity index (χ2n) is 6.30. The molecule has 0 radical (unpaired) electrons. The standard InChI is InChI=1S/C19H22N4OS/c1-13(2)23-12-20-22-19(23)25-11-18(24)21-14(3)16-9-8-15-6-4-5-7-17(15)10-16/h4-10,12-14H,11H2,1-3H3,(H,21,24). The highest BCUT2D eigenvalue weighted by Gasteiger charge is 2.13. The van der Waals surface area contributed by atoms with Crippen LogP contribution in [0.15, 0.2) is 53.9 Å². The first-order valence-corrected chi connectivity index (χ1v) is 9.33. The lowest BCUT2D eigenvalue weighted by Gasteiger charge is -2.15. The van der Waals surface area contributed by atoms with Gasteiger partial charge in [0.05, 0.1) is 11.8 Å². The molecule has 1 atom stereocenters. The fourth-order valence-electron chi connectivity index (χ4n) is 2.66. The quantitative estimate of drug-likeness (QED) is 0.680. The van der Waals surface area contributed by atoms with Gasteiger partial charge < -0.3 is 9.88 Å². The minimum absolute atomic E-state index is 0.0102. The van der Waals surface area contributed by atoms with Crippen molar-refractivity contribution < 1.29 is 4.79 Å². The van der Waals surface area contributed by atoms with Crippen LogP contribution in [0.1, 0.15) is 38.4 Å². The summed E-state index contributed by atoms with van der Waals surface area (Å²) < 4.78 is 1.96. The van der Waals surface area contributed by atoms with E-state index in [-0.39, 0.29) is 18.0 Å². The van der Waals surface area contributed by atoms with Crippen molar-refractivity contribution in [3.05, 3.63) is 54.4 Å². The van der Waals surface area contributed by atoms with Crippen LogP contribution >= 0.6 is 11.8 Å².